The number of aryl methyl sites for hydroxylation is 2. The fourth-order valence-corrected chi connectivity index (χ4v) is 3.85. The van der Waals surface area contributed by atoms with Crippen molar-refractivity contribution in [2.75, 3.05) is 10.6 Å². The second-order valence-corrected chi connectivity index (χ2v) is 7.51. The van der Waals surface area contributed by atoms with Crippen LogP contribution in [0.25, 0.3) is 11.1 Å². The molecule has 0 atom stereocenters. The molecule has 2 N–H and O–H groups in total. The van der Waals surface area contributed by atoms with E-state index >= 15 is 0 Å². The number of aromatic nitrogens is 1. The van der Waals surface area contributed by atoms with Crippen molar-refractivity contribution in [2.45, 2.75) is 13.8 Å². The van der Waals surface area contributed by atoms with Gasteiger partial charge in [0.05, 0.1) is 9.88 Å². The third-order valence-electron chi connectivity index (χ3n) is 4.20. The van der Waals surface area contributed by atoms with Crippen LogP contribution in [0.4, 0.5) is 15.1 Å². The molecule has 0 spiro atoms. The number of halogens is 1. The van der Waals surface area contributed by atoms with Gasteiger partial charge < -0.3 is 15.1 Å². The molecule has 0 bridgehead atoms. The zero-order valence-corrected chi connectivity index (χ0v) is 16.4. The first-order chi connectivity index (χ1) is 13.9. The van der Waals surface area contributed by atoms with Crippen LogP contribution in [-0.2, 0) is 0 Å². The minimum atomic E-state index is -0.487. The van der Waals surface area contributed by atoms with Crippen molar-refractivity contribution < 1.29 is 18.4 Å². The number of nitrogens with one attached hydrogen (secondary N) is 2. The summed E-state index contributed by atoms with van der Waals surface area (Å²) in [6.07, 6.45) is 0. The smallest absolute Gasteiger partial charge is 0.266 e. The summed E-state index contributed by atoms with van der Waals surface area (Å²) in [5, 5.41) is 6.04. The van der Waals surface area contributed by atoms with Crippen LogP contribution in [0.5, 0.6) is 0 Å². The molecule has 2 aromatic heterocycles. The van der Waals surface area contributed by atoms with Gasteiger partial charge in [-0.2, -0.15) is 0 Å². The quantitative estimate of drug-likeness (QED) is 0.488. The third-order valence-corrected chi connectivity index (χ3v) is 5.35. The predicted octanol–water partition coefficient (Wildman–Crippen LogP) is 5.15. The van der Waals surface area contributed by atoms with Gasteiger partial charge in [-0.05, 0) is 55.0 Å². The Morgan fingerprint density at radius 3 is 2.66 bits per heavy atom. The highest BCUT2D eigenvalue weighted by atomic mass is 32.1. The van der Waals surface area contributed by atoms with Crippen molar-refractivity contribution in [3.63, 3.8) is 0 Å². The lowest BCUT2D eigenvalue weighted by Gasteiger charge is -2.04. The molecule has 0 unspecified atom stereocenters. The van der Waals surface area contributed by atoms with Crippen LogP contribution in [0.15, 0.2) is 52.9 Å². The van der Waals surface area contributed by atoms with E-state index in [1.54, 1.807) is 38.1 Å². The minimum absolute atomic E-state index is 0.207. The number of fused-ring (bicyclic) bond motifs is 1. The number of anilines is 2. The Bertz CT molecular complexity index is 1250. The summed E-state index contributed by atoms with van der Waals surface area (Å²) in [6.45, 7) is 3.54. The number of hydrogen-bond donors (Lipinski definition) is 2. The van der Waals surface area contributed by atoms with Gasteiger partial charge in [0, 0.05) is 18.2 Å². The van der Waals surface area contributed by atoms with Crippen molar-refractivity contribution in [1.29, 1.82) is 0 Å². The van der Waals surface area contributed by atoms with E-state index in [1.165, 1.54) is 18.2 Å². The molecule has 146 valence electrons. The Balaban J connectivity index is 1.50. The summed E-state index contributed by atoms with van der Waals surface area (Å²) in [4.78, 5) is 29.7. The maximum Gasteiger partial charge on any atom is 0.266 e. The van der Waals surface area contributed by atoms with E-state index in [9.17, 15) is 14.0 Å². The van der Waals surface area contributed by atoms with Crippen LogP contribution >= 0.6 is 11.3 Å². The van der Waals surface area contributed by atoms with Crippen molar-refractivity contribution in [3.8, 4) is 0 Å². The van der Waals surface area contributed by atoms with E-state index in [2.05, 4.69) is 15.6 Å². The van der Waals surface area contributed by atoms with E-state index in [-0.39, 0.29) is 11.5 Å². The van der Waals surface area contributed by atoms with Gasteiger partial charge in [0.2, 0.25) is 0 Å². The first-order valence-corrected chi connectivity index (χ1v) is 9.56. The normalized spacial score (nSPS) is 10.9. The summed E-state index contributed by atoms with van der Waals surface area (Å²) in [6, 6.07) is 12.3. The number of rotatable bonds is 4. The van der Waals surface area contributed by atoms with Crippen LogP contribution in [0.2, 0.25) is 0 Å². The van der Waals surface area contributed by atoms with E-state index < -0.39 is 11.7 Å². The minimum Gasteiger partial charge on any atom is -0.441 e. The molecule has 4 aromatic rings. The molecule has 2 heterocycles. The number of benzene rings is 2. The highest BCUT2D eigenvalue weighted by Crippen LogP contribution is 2.28. The van der Waals surface area contributed by atoms with Crippen molar-refractivity contribution in [1.82, 2.24) is 4.98 Å². The number of nitrogens with zero attached hydrogens (tertiary/aromatic N) is 1. The molecule has 4 rings (SSSR count). The fraction of sp³-hybridized carbons (Fsp3) is 0.0952. The second-order valence-electron chi connectivity index (χ2n) is 6.46. The second kappa shape index (κ2) is 7.48. The van der Waals surface area contributed by atoms with E-state index in [1.807, 2.05) is 0 Å². The van der Waals surface area contributed by atoms with Crippen LogP contribution < -0.4 is 10.6 Å². The molecular formula is C21H16FN3O3S. The SMILES string of the molecule is Cc1nc2cc(NC(=O)c3sc(NC(=O)c4cccc(F)c4)cc3C)ccc2o1. The summed E-state index contributed by atoms with van der Waals surface area (Å²) >= 11 is 1.15. The Kier molecular flexibility index (Phi) is 4.85. The number of thiophene rings is 1. The lowest BCUT2D eigenvalue weighted by Crippen LogP contribution is -2.11. The third kappa shape index (κ3) is 4.02. The van der Waals surface area contributed by atoms with Crippen LogP contribution in [0.1, 0.15) is 31.5 Å². The maximum atomic E-state index is 13.3. The Morgan fingerprint density at radius 2 is 1.86 bits per heavy atom. The number of oxazole rings is 1. The molecular weight excluding hydrogens is 393 g/mol. The summed E-state index contributed by atoms with van der Waals surface area (Å²) in [5.41, 5.74) is 2.83. The molecule has 0 aliphatic carbocycles. The number of carbonyl (C=O) groups is 2. The van der Waals surface area contributed by atoms with Crippen LogP contribution in [0, 0.1) is 19.7 Å². The first-order valence-electron chi connectivity index (χ1n) is 8.75. The topological polar surface area (TPSA) is 84.2 Å². The fourth-order valence-electron chi connectivity index (χ4n) is 2.89. The van der Waals surface area contributed by atoms with Gasteiger partial charge in [0.25, 0.3) is 11.8 Å². The van der Waals surface area contributed by atoms with Gasteiger partial charge in [0.1, 0.15) is 11.3 Å². The molecule has 29 heavy (non-hydrogen) atoms. The van der Waals surface area contributed by atoms with E-state index in [4.69, 9.17) is 4.42 Å². The lowest BCUT2D eigenvalue weighted by molar-refractivity contribution is 0.101. The van der Waals surface area contributed by atoms with Gasteiger partial charge in [-0.25, -0.2) is 9.37 Å². The van der Waals surface area contributed by atoms with Gasteiger partial charge in [0.15, 0.2) is 11.5 Å². The van der Waals surface area contributed by atoms with Gasteiger partial charge in [-0.1, -0.05) is 6.07 Å². The maximum absolute atomic E-state index is 13.3. The zero-order valence-electron chi connectivity index (χ0n) is 15.6. The molecule has 2 amide bonds. The van der Waals surface area contributed by atoms with Crippen molar-refractivity contribution in [3.05, 3.63) is 76.2 Å². The molecule has 0 fully saturated rings. The molecule has 0 saturated carbocycles. The molecule has 0 saturated heterocycles. The Labute approximate surface area is 169 Å². The Hall–Kier alpha value is -3.52. The molecule has 2 aromatic carbocycles. The highest BCUT2D eigenvalue weighted by Gasteiger charge is 2.16. The monoisotopic (exact) mass is 409 g/mol. The zero-order chi connectivity index (χ0) is 20.5. The molecule has 8 heteroatoms. The van der Waals surface area contributed by atoms with Gasteiger partial charge in [-0.3, -0.25) is 9.59 Å². The average Bonchev–Trinajstić information content (AvgIpc) is 3.22. The van der Waals surface area contributed by atoms with Crippen molar-refractivity contribution in [2.24, 2.45) is 0 Å². The molecule has 0 aliphatic rings. The number of amides is 2. The Morgan fingerprint density at radius 1 is 1.03 bits per heavy atom. The first kappa shape index (κ1) is 18.8. The standard InChI is InChI=1S/C21H16FN3O3S/c1-11-8-18(25-20(26)13-4-3-5-14(22)9-13)29-19(11)21(27)24-15-6-7-17-16(10-15)23-12(2)28-17/h3-10H,1-2H3,(H,24,27)(H,25,26). The molecule has 6 nitrogen and oxygen atoms in total. The van der Waals surface area contributed by atoms with Gasteiger partial charge >= 0.3 is 0 Å². The van der Waals surface area contributed by atoms with E-state index in [0.717, 1.165) is 23.0 Å². The van der Waals surface area contributed by atoms with Gasteiger partial charge in [-0.15, -0.1) is 11.3 Å². The lowest BCUT2D eigenvalue weighted by atomic mass is 10.2. The largest absolute Gasteiger partial charge is 0.441 e. The van der Waals surface area contributed by atoms with Crippen LogP contribution in [-0.4, -0.2) is 16.8 Å². The molecule has 0 radical (unpaired) electrons. The van der Waals surface area contributed by atoms with Crippen molar-refractivity contribution >= 4 is 44.9 Å². The number of carbonyl (C=O) groups excluding carboxylic acids is 2. The number of hydrogen-bond acceptors (Lipinski definition) is 5. The average molecular weight is 409 g/mol. The molecule has 0 aliphatic heterocycles. The summed E-state index contributed by atoms with van der Waals surface area (Å²) in [7, 11) is 0. The highest BCUT2D eigenvalue weighted by molar-refractivity contribution is 7.18. The predicted molar refractivity (Wildman–Crippen MR) is 110 cm³/mol. The summed E-state index contributed by atoms with van der Waals surface area (Å²) in [5.74, 6) is -0.668. The van der Waals surface area contributed by atoms with Crippen LogP contribution in [0.3, 0.4) is 0 Å². The van der Waals surface area contributed by atoms with E-state index in [0.29, 0.717) is 32.6 Å². The summed E-state index contributed by atoms with van der Waals surface area (Å²) < 4.78 is 18.7.